The van der Waals surface area contributed by atoms with Gasteiger partial charge in [0.15, 0.2) is 0 Å². The average molecular weight is 288 g/mol. The third kappa shape index (κ3) is 2.67. The number of hydrogen-bond acceptors (Lipinski definition) is 2. The Labute approximate surface area is 119 Å². The molecule has 1 aromatic carbocycles. The fourth-order valence-corrected chi connectivity index (χ4v) is 3.08. The van der Waals surface area contributed by atoms with E-state index in [1.165, 1.54) is 6.42 Å². The van der Waals surface area contributed by atoms with Gasteiger partial charge in [0, 0.05) is 23.2 Å². The first-order chi connectivity index (χ1) is 8.61. The Morgan fingerprint density at radius 3 is 2.61 bits per heavy atom. The highest BCUT2D eigenvalue weighted by Gasteiger charge is 2.43. The van der Waals surface area contributed by atoms with Gasteiger partial charge in [-0.1, -0.05) is 23.2 Å². The summed E-state index contributed by atoms with van der Waals surface area (Å²) >= 11 is 12.3. The van der Waals surface area contributed by atoms with Crippen LogP contribution in [0.5, 0.6) is 0 Å². The number of hydrogen-bond donors (Lipinski definition) is 1. The summed E-state index contributed by atoms with van der Waals surface area (Å²) < 4.78 is 5.73. The molecule has 1 unspecified atom stereocenters. The molecule has 1 aliphatic rings. The normalized spacial score (nSPS) is 19.3. The van der Waals surface area contributed by atoms with Crippen molar-refractivity contribution in [3.63, 3.8) is 0 Å². The number of ether oxygens (including phenoxy) is 1. The second kappa shape index (κ2) is 5.79. The maximum atomic E-state index is 6.22. The number of methoxy groups -OCH3 is 1. The summed E-state index contributed by atoms with van der Waals surface area (Å²) in [7, 11) is 3.77. The minimum absolute atomic E-state index is 0.0413. The summed E-state index contributed by atoms with van der Waals surface area (Å²) in [5, 5.41) is 4.86. The highest BCUT2D eigenvalue weighted by Crippen LogP contribution is 2.39. The summed E-state index contributed by atoms with van der Waals surface area (Å²) in [6.45, 7) is 0. The fraction of sp³-hybridized carbons (Fsp3) is 0.571. The van der Waals surface area contributed by atoms with Crippen molar-refractivity contribution in [2.45, 2.75) is 37.3 Å². The van der Waals surface area contributed by atoms with Crippen molar-refractivity contribution in [3.05, 3.63) is 33.8 Å². The first kappa shape index (κ1) is 14.1. The molecule has 0 spiro atoms. The van der Waals surface area contributed by atoms with E-state index < -0.39 is 0 Å². The van der Waals surface area contributed by atoms with Crippen LogP contribution in [0.2, 0.25) is 10.0 Å². The van der Waals surface area contributed by atoms with Crippen molar-refractivity contribution >= 4 is 23.2 Å². The van der Waals surface area contributed by atoms with Gasteiger partial charge in [-0.3, -0.25) is 0 Å². The summed E-state index contributed by atoms with van der Waals surface area (Å²) in [6, 6.07) is 5.88. The quantitative estimate of drug-likeness (QED) is 0.892. The van der Waals surface area contributed by atoms with Gasteiger partial charge in [0.2, 0.25) is 0 Å². The number of rotatable bonds is 5. The Kier molecular flexibility index (Phi) is 4.54. The molecular formula is C14H19Cl2NO. The lowest BCUT2D eigenvalue weighted by atomic mass is 9.72. The molecule has 0 aromatic heterocycles. The Morgan fingerprint density at radius 1 is 1.39 bits per heavy atom. The topological polar surface area (TPSA) is 21.3 Å². The highest BCUT2D eigenvalue weighted by molar-refractivity contribution is 6.33. The highest BCUT2D eigenvalue weighted by atomic mass is 35.5. The summed E-state index contributed by atoms with van der Waals surface area (Å²) in [5.74, 6) is 0. The van der Waals surface area contributed by atoms with Gasteiger partial charge in [-0.15, -0.1) is 0 Å². The number of benzene rings is 1. The molecule has 1 saturated carbocycles. The minimum atomic E-state index is -0.0413. The second-order valence-corrected chi connectivity index (χ2v) is 5.75. The van der Waals surface area contributed by atoms with Crippen molar-refractivity contribution in [2.75, 3.05) is 14.2 Å². The van der Waals surface area contributed by atoms with Crippen LogP contribution in [0.25, 0.3) is 0 Å². The number of halogens is 2. The second-order valence-electron chi connectivity index (χ2n) is 4.90. The van der Waals surface area contributed by atoms with Gasteiger partial charge in [-0.2, -0.15) is 0 Å². The van der Waals surface area contributed by atoms with Crippen LogP contribution in [0.3, 0.4) is 0 Å². The van der Waals surface area contributed by atoms with Gasteiger partial charge in [-0.05, 0) is 56.5 Å². The van der Waals surface area contributed by atoms with E-state index in [0.717, 1.165) is 34.9 Å². The largest absolute Gasteiger partial charge is 0.377 e. The van der Waals surface area contributed by atoms with Crippen LogP contribution in [-0.2, 0) is 11.2 Å². The molecule has 2 rings (SSSR count). The van der Waals surface area contributed by atoms with Crippen molar-refractivity contribution in [1.29, 1.82) is 0 Å². The number of likely N-dealkylation sites (N-methyl/N-ethyl adjacent to an activating group) is 1. The SMILES string of the molecule is CNC(Cc1cc(Cl)ccc1Cl)C1(OC)CCC1. The molecule has 0 bridgehead atoms. The first-order valence-electron chi connectivity index (χ1n) is 6.27. The zero-order valence-corrected chi connectivity index (χ0v) is 12.3. The zero-order chi connectivity index (χ0) is 13.2. The van der Waals surface area contributed by atoms with Crippen LogP contribution >= 0.6 is 23.2 Å². The zero-order valence-electron chi connectivity index (χ0n) is 10.8. The third-order valence-corrected chi connectivity index (χ3v) is 4.63. The summed E-state index contributed by atoms with van der Waals surface area (Å²) in [4.78, 5) is 0. The Bertz CT molecular complexity index is 413. The molecule has 0 saturated heterocycles. The van der Waals surface area contributed by atoms with Gasteiger partial charge in [-0.25, -0.2) is 0 Å². The van der Waals surface area contributed by atoms with Gasteiger partial charge < -0.3 is 10.1 Å². The van der Waals surface area contributed by atoms with Crippen LogP contribution in [-0.4, -0.2) is 25.8 Å². The van der Waals surface area contributed by atoms with Gasteiger partial charge >= 0.3 is 0 Å². The predicted octanol–water partition coefficient (Wildman–Crippen LogP) is 3.69. The van der Waals surface area contributed by atoms with E-state index in [0.29, 0.717) is 0 Å². The first-order valence-corrected chi connectivity index (χ1v) is 7.03. The molecule has 2 nitrogen and oxygen atoms in total. The molecule has 1 N–H and O–H groups in total. The molecule has 1 fully saturated rings. The van der Waals surface area contributed by atoms with E-state index in [2.05, 4.69) is 5.32 Å². The standard InChI is InChI=1S/C14H19Cl2NO/c1-17-13(14(18-2)6-3-7-14)9-10-8-11(15)4-5-12(10)16/h4-5,8,13,17H,3,6-7,9H2,1-2H3. The van der Waals surface area contributed by atoms with E-state index >= 15 is 0 Å². The Hall–Kier alpha value is -0.280. The van der Waals surface area contributed by atoms with E-state index in [4.69, 9.17) is 27.9 Å². The van der Waals surface area contributed by atoms with Crippen LogP contribution in [0, 0.1) is 0 Å². The molecular weight excluding hydrogens is 269 g/mol. The van der Waals surface area contributed by atoms with E-state index in [-0.39, 0.29) is 11.6 Å². The summed E-state index contributed by atoms with van der Waals surface area (Å²) in [6.07, 6.45) is 4.28. The fourth-order valence-electron chi connectivity index (χ4n) is 2.69. The lowest BCUT2D eigenvalue weighted by molar-refractivity contribution is -0.0966. The maximum absolute atomic E-state index is 6.22. The number of nitrogens with one attached hydrogen (secondary N) is 1. The average Bonchev–Trinajstić information content (AvgIpc) is 2.31. The minimum Gasteiger partial charge on any atom is -0.377 e. The van der Waals surface area contributed by atoms with E-state index in [1.807, 2.05) is 25.2 Å². The maximum Gasteiger partial charge on any atom is 0.0834 e. The van der Waals surface area contributed by atoms with Crippen molar-refractivity contribution in [2.24, 2.45) is 0 Å². The van der Waals surface area contributed by atoms with Gasteiger partial charge in [0.1, 0.15) is 0 Å². The van der Waals surface area contributed by atoms with Crippen LogP contribution in [0.15, 0.2) is 18.2 Å². The molecule has 0 heterocycles. The van der Waals surface area contributed by atoms with Crippen molar-refractivity contribution < 1.29 is 4.74 Å². The van der Waals surface area contributed by atoms with E-state index in [1.54, 1.807) is 7.11 Å². The predicted molar refractivity (Wildman–Crippen MR) is 76.6 cm³/mol. The molecule has 0 amide bonds. The summed E-state index contributed by atoms with van der Waals surface area (Å²) in [5.41, 5.74) is 1.03. The third-order valence-electron chi connectivity index (χ3n) is 4.02. The molecule has 1 aromatic rings. The van der Waals surface area contributed by atoms with Crippen molar-refractivity contribution in [1.82, 2.24) is 5.32 Å². The molecule has 100 valence electrons. The lowest BCUT2D eigenvalue weighted by Crippen LogP contribution is -2.56. The van der Waals surface area contributed by atoms with Crippen LogP contribution in [0.4, 0.5) is 0 Å². The monoisotopic (exact) mass is 287 g/mol. The smallest absolute Gasteiger partial charge is 0.0834 e. The van der Waals surface area contributed by atoms with Gasteiger partial charge in [0.25, 0.3) is 0 Å². The lowest BCUT2D eigenvalue weighted by Gasteiger charge is -2.46. The molecule has 4 heteroatoms. The van der Waals surface area contributed by atoms with Gasteiger partial charge in [0.05, 0.1) is 5.60 Å². The van der Waals surface area contributed by atoms with Crippen LogP contribution in [0.1, 0.15) is 24.8 Å². The van der Waals surface area contributed by atoms with E-state index in [9.17, 15) is 0 Å². The molecule has 18 heavy (non-hydrogen) atoms. The molecule has 0 radical (unpaired) electrons. The Morgan fingerprint density at radius 2 is 2.11 bits per heavy atom. The van der Waals surface area contributed by atoms with Crippen molar-refractivity contribution in [3.8, 4) is 0 Å². The van der Waals surface area contributed by atoms with Crippen LogP contribution < -0.4 is 5.32 Å². The molecule has 0 aliphatic heterocycles. The molecule has 1 aliphatic carbocycles. The Balaban J connectivity index is 2.17. The molecule has 1 atom stereocenters.